The Labute approximate surface area is 105 Å². The Bertz CT molecular complexity index is 452. The van der Waals surface area contributed by atoms with Crippen molar-refractivity contribution in [2.75, 3.05) is 0 Å². The van der Waals surface area contributed by atoms with Crippen LogP contribution in [0.3, 0.4) is 0 Å². The van der Waals surface area contributed by atoms with E-state index in [0.717, 1.165) is 19.4 Å². The van der Waals surface area contributed by atoms with E-state index >= 15 is 0 Å². The highest BCUT2D eigenvalue weighted by Crippen LogP contribution is 2.29. The van der Waals surface area contributed by atoms with Gasteiger partial charge in [0.25, 0.3) is 0 Å². The first-order chi connectivity index (χ1) is 7.15. The van der Waals surface area contributed by atoms with Crippen molar-refractivity contribution < 1.29 is 5.11 Å². The van der Waals surface area contributed by atoms with E-state index in [1.165, 1.54) is 0 Å². The van der Waals surface area contributed by atoms with Gasteiger partial charge in [0.05, 0.1) is 20.6 Å². The molecule has 1 unspecified atom stereocenters. The van der Waals surface area contributed by atoms with Gasteiger partial charge in [0.1, 0.15) is 0 Å². The fraction of sp³-hybridized carbons (Fsp3) is 0.300. The average molecular weight is 304 g/mol. The van der Waals surface area contributed by atoms with Gasteiger partial charge in [-0.2, -0.15) is 0 Å². The van der Waals surface area contributed by atoms with Crippen molar-refractivity contribution in [3.05, 3.63) is 36.9 Å². The second-order valence-electron chi connectivity index (χ2n) is 3.22. The lowest BCUT2D eigenvalue weighted by atomic mass is 10.2. The lowest BCUT2D eigenvalue weighted by molar-refractivity contribution is 0.181. The van der Waals surface area contributed by atoms with Crippen molar-refractivity contribution in [3.8, 4) is 0 Å². The number of aryl methyl sites for hydroxylation is 1. The number of thiazole rings is 1. The van der Waals surface area contributed by atoms with E-state index in [2.05, 4.69) is 20.9 Å². The SMILES string of the molecule is Cc1nc(CC(O)c2ccc(Br)s2)cs1. The van der Waals surface area contributed by atoms with Crippen LogP contribution in [0, 0.1) is 6.92 Å². The summed E-state index contributed by atoms with van der Waals surface area (Å²) in [5.41, 5.74) is 0.967. The van der Waals surface area contributed by atoms with E-state index in [4.69, 9.17) is 0 Å². The smallest absolute Gasteiger partial charge is 0.0937 e. The summed E-state index contributed by atoms with van der Waals surface area (Å²) in [6, 6.07) is 3.90. The molecule has 2 aromatic rings. The molecule has 0 saturated heterocycles. The van der Waals surface area contributed by atoms with Crippen molar-refractivity contribution >= 4 is 38.6 Å². The van der Waals surface area contributed by atoms with Crippen molar-refractivity contribution in [1.29, 1.82) is 0 Å². The Morgan fingerprint density at radius 2 is 2.33 bits per heavy atom. The summed E-state index contributed by atoms with van der Waals surface area (Å²) in [5.74, 6) is 0. The minimum atomic E-state index is -0.442. The molecular formula is C10H10BrNOS2. The summed E-state index contributed by atoms with van der Waals surface area (Å²) >= 11 is 6.57. The molecule has 0 aliphatic carbocycles. The van der Waals surface area contributed by atoms with Crippen molar-refractivity contribution in [2.45, 2.75) is 19.4 Å². The number of hydrogen-bond acceptors (Lipinski definition) is 4. The lowest BCUT2D eigenvalue weighted by Gasteiger charge is -2.05. The van der Waals surface area contributed by atoms with Gasteiger partial charge in [-0.15, -0.1) is 22.7 Å². The van der Waals surface area contributed by atoms with Crippen LogP contribution in [0.15, 0.2) is 21.3 Å². The van der Waals surface area contributed by atoms with Crippen LogP contribution in [0.1, 0.15) is 21.7 Å². The monoisotopic (exact) mass is 303 g/mol. The number of nitrogens with zero attached hydrogens (tertiary/aromatic N) is 1. The van der Waals surface area contributed by atoms with Gasteiger partial charge in [0, 0.05) is 16.7 Å². The normalized spacial score (nSPS) is 13.0. The van der Waals surface area contributed by atoms with Gasteiger partial charge in [0.15, 0.2) is 0 Å². The molecule has 0 amide bonds. The van der Waals surface area contributed by atoms with Gasteiger partial charge >= 0.3 is 0 Å². The van der Waals surface area contributed by atoms with Gasteiger partial charge in [0.2, 0.25) is 0 Å². The molecule has 15 heavy (non-hydrogen) atoms. The van der Waals surface area contributed by atoms with Crippen molar-refractivity contribution in [1.82, 2.24) is 4.98 Å². The van der Waals surface area contributed by atoms with Crippen molar-refractivity contribution in [2.24, 2.45) is 0 Å². The van der Waals surface area contributed by atoms with Crippen LogP contribution in [0.5, 0.6) is 0 Å². The molecule has 1 atom stereocenters. The van der Waals surface area contributed by atoms with Crippen LogP contribution in [0.25, 0.3) is 0 Å². The predicted molar refractivity (Wildman–Crippen MR) is 67.5 cm³/mol. The van der Waals surface area contributed by atoms with Gasteiger partial charge in [-0.05, 0) is 35.0 Å². The topological polar surface area (TPSA) is 33.1 Å². The maximum Gasteiger partial charge on any atom is 0.0937 e. The molecule has 0 radical (unpaired) electrons. The van der Waals surface area contributed by atoms with Gasteiger partial charge in [-0.25, -0.2) is 4.98 Å². The third kappa shape index (κ3) is 2.87. The van der Waals surface area contributed by atoms with Gasteiger partial charge in [-0.3, -0.25) is 0 Å². The number of halogens is 1. The van der Waals surface area contributed by atoms with Crippen LogP contribution in [0.2, 0.25) is 0 Å². The Balaban J connectivity index is 2.06. The molecule has 2 aromatic heterocycles. The molecule has 0 fully saturated rings. The lowest BCUT2D eigenvalue weighted by Crippen LogP contribution is -1.99. The number of hydrogen-bond donors (Lipinski definition) is 1. The molecule has 0 saturated carbocycles. The summed E-state index contributed by atoms with van der Waals surface area (Å²) in [4.78, 5) is 5.31. The number of aromatic nitrogens is 1. The number of rotatable bonds is 3. The van der Waals surface area contributed by atoms with E-state index < -0.39 is 6.10 Å². The highest BCUT2D eigenvalue weighted by molar-refractivity contribution is 9.11. The molecule has 2 nitrogen and oxygen atoms in total. The molecular weight excluding hydrogens is 294 g/mol. The fourth-order valence-corrected chi connectivity index (χ4v) is 3.34. The number of aliphatic hydroxyl groups excluding tert-OH is 1. The molecule has 2 rings (SSSR count). The molecule has 0 aliphatic heterocycles. The Morgan fingerprint density at radius 3 is 2.87 bits per heavy atom. The zero-order valence-electron chi connectivity index (χ0n) is 8.11. The highest BCUT2D eigenvalue weighted by Gasteiger charge is 2.12. The zero-order chi connectivity index (χ0) is 10.8. The highest BCUT2D eigenvalue weighted by atomic mass is 79.9. The molecule has 1 N–H and O–H groups in total. The molecule has 0 aliphatic rings. The second kappa shape index (κ2) is 4.74. The second-order valence-corrected chi connectivity index (χ2v) is 6.78. The van der Waals surface area contributed by atoms with Crippen LogP contribution >= 0.6 is 38.6 Å². The van der Waals surface area contributed by atoms with Crippen molar-refractivity contribution in [3.63, 3.8) is 0 Å². The summed E-state index contributed by atoms with van der Waals surface area (Å²) in [6.45, 7) is 1.97. The molecule has 80 valence electrons. The predicted octanol–water partition coefficient (Wildman–Crippen LogP) is 3.55. The summed E-state index contributed by atoms with van der Waals surface area (Å²) in [7, 11) is 0. The Kier molecular flexibility index (Phi) is 3.56. The maximum absolute atomic E-state index is 9.95. The Morgan fingerprint density at radius 1 is 1.53 bits per heavy atom. The number of aliphatic hydroxyl groups is 1. The first-order valence-corrected chi connectivity index (χ1v) is 6.98. The molecule has 0 aromatic carbocycles. The Hall–Kier alpha value is -0.230. The third-order valence-corrected chi connectivity index (χ3v) is 4.54. The summed E-state index contributed by atoms with van der Waals surface area (Å²) in [5, 5.41) is 13.0. The van der Waals surface area contributed by atoms with E-state index in [1.54, 1.807) is 22.7 Å². The summed E-state index contributed by atoms with van der Waals surface area (Å²) in [6.07, 6.45) is 0.153. The van der Waals surface area contributed by atoms with Crippen LogP contribution < -0.4 is 0 Å². The standard InChI is InChI=1S/C10H10BrNOS2/c1-6-12-7(5-14-6)4-8(13)9-2-3-10(11)15-9/h2-3,5,8,13H,4H2,1H3. The molecule has 5 heteroatoms. The van der Waals surface area contributed by atoms with Crippen LogP contribution in [-0.2, 0) is 6.42 Å². The third-order valence-electron chi connectivity index (χ3n) is 1.99. The van der Waals surface area contributed by atoms with E-state index in [9.17, 15) is 5.11 Å². The average Bonchev–Trinajstić information content (AvgIpc) is 2.75. The molecule has 2 heterocycles. The molecule has 0 spiro atoms. The largest absolute Gasteiger partial charge is 0.387 e. The quantitative estimate of drug-likeness (QED) is 0.940. The molecule has 0 bridgehead atoms. The fourth-order valence-electron chi connectivity index (χ4n) is 1.31. The minimum Gasteiger partial charge on any atom is -0.387 e. The van der Waals surface area contributed by atoms with Crippen LogP contribution in [0.4, 0.5) is 0 Å². The first-order valence-electron chi connectivity index (χ1n) is 4.49. The number of thiophene rings is 1. The van der Waals surface area contributed by atoms with Gasteiger partial charge < -0.3 is 5.11 Å². The first kappa shape index (κ1) is 11.3. The van der Waals surface area contributed by atoms with E-state index in [0.29, 0.717) is 6.42 Å². The maximum atomic E-state index is 9.95. The summed E-state index contributed by atoms with van der Waals surface area (Å²) < 4.78 is 1.05. The minimum absolute atomic E-state index is 0.442. The van der Waals surface area contributed by atoms with Crippen LogP contribution in [-0.4, -0.2) is 10.1 Å². The zero-order valence-corrected chi connectivity index (χ0v) is 11.3. The van der Waals surface area contributed by atoms with Gasteiger partial charge in [-0.1, -0.05) is 0 Å². The van der Waals surface area contributed by atoms with E-state index in [1.807, 2.05) is 24.4 Å². The van der Waals surface area contributed by atoms with E-state index in [-0.39, 0.29) is 0 Å².